The summed E-state index contributed by atoms with van der Waals surface area (Å²) in [5.41, 5.74) is 0.552. The predicted octanol–water partition coefficient (Wildman–Crippen LogP) is 4.60. The molecule has 0 amide bonds. The van der Waals surface area contributed by atoms with Crippen LogP contribution in [-0.4, -0.2) is 10.7 Å². The SMILES string of the molecule is CCCCCCC(C)(O)Cc1ccc(Cl)cc1. The van der Waals surface area contributed by atoms with Crippen LogP contribution >= 0.6 is 11.6 Å². The van der Waals surface area contributed by atoms with Crippen LogP contribution < -0.4 is 0 Å². The van der Waals surface area contributed by atoms with E-state index in [0.29, 0.717) is 6.42 Å². The van der Waals surface area contributed by atoms with Crippen LogP contribution in [-0.2, 0) is 6.42 Å². The van der Waals surface area contributed by atoms with E-state index in [1.165, 1.54) is 19.3 Å². The van der Waals surface area contributed by atoms with Crippen molar-refractivity contribution in [2.24, 2.45) is 0 Å². The molecule has 96 valence electrons. The fourth-order valence-electron chi connectivity index (χ4n) is 2.06. The number of rotatable bonds is 7. The predicted molar refractivity (Wildman–Crippen MR) is 74.5 cm³/mol. The zero-order valence-corrected chi connectivity index (χ0v) is 11.6. The molecule has 0 saturated carbocycles. The molecule has 2 heteroatoms. The van der Waals surface area contributed by atoms with E-state index < -0.39 is 5.60 Å². The van der Waals surface area contributed by atoms with Gasteiger partial charge in [0.05, 0.1) is 5.60 Å². The van der Waals surface area contributed by atoms with Crippen molar-refractivity contribution in [3.05, 3.63) is 34.9 Å². The van der Waals surface area contributed by atoms with Crippen LogP contribution in [0.25, 0.3) is 0 Å². The van der Waals surface area contributed by atoms with Gasteiger partial charge in [0, 0.05) is 11.4 Å². The first kappa shape index (κ1) is 14.5. The van der Waals surface area contributed by atoms with Crippen molar-refractivity contribution in [2.45, 2.75) is 58.0 Å². The van der Waals surface area contributed by atoms with Crippen molar-refractivity contribution >= 4 is 11.6 Å². The fraction of sp³-hybridized carbons (Fsp3) is 0.600. The van der Waals surface area contributed by atoms with Gasteiger partial charge in [-0.2, -0.15) is 0 Å². The van der Waals surface area contributed by atoms with Gasteiger partial charge in [-0.15, -0.1) is 0 Å². The summed E-state index contributed by atoms with van der Waals surface area (Å²) in [7, 11) is 0. The number of unbranched alkanes of at least 4 members (excludes halogenated alkanes) is 3. The number of halogens is 1. The standard InChI is InChI=1S/C15H23ClO/c1-3-4-5-6-11-15(2,17)12-13-7-9-14(16)10-8-13/h7-10,17H,3-6,11-12H2,1-2H3. The molecule has 0 heterocycles. The smallest absolute Gasteiger partial charge is 0.0660 e. The van der Waals surface area contributed by atoms with Crippen LogP contribution in [0.5, 0.6) is 0 Å². The maximum Gasteiger partial charge on any atom is 0.0660 e. The largest absolute Gasteiger partial charge is 0.390 e. The van der Waals surface area contributed by atoms with Crippen LogP contribution in [0.2, 0.25) is 5.02 Å². The molecule has 1 nitrogen and oxygen atoms in total. The van der Waals surface area contributed by atoms with Gasteiger partial charge < -0.3 is 5.11 Å². The maximum atomic E-state index is 10.3. The summed E-state index contributed by atoms with van der Waals surface area (Å²) in [4.78, 5) is 0. The highest BCUT2D eigenvalue weighted by Gasteiger charge is 2.20. The average molecular weight is 255 g/mol. The highest BCUT2D eigenvalue weighted by atomic mass is 35.5. The minimum atomic E-state index is -0.596. The first-order chi connectivity index (χ1) is 8.03. The van der Waals surface area contributed by atoms with E-state index >= 15 is 0 Å². The van der Waals surface area contributed by atoms with Gasteiger partial charge in [0.1, 0.15) is 0 Å². The molecule has 1 N–H and O–H groups in total. The summed E-state index contributed by atoms with van der Waals surface area (Å²) in [6.45, 7) is 4.12. The zero-order valence-electron chi connectivity index (χ0n) is 10.9. The van der Waals surface area contributed by atoms with E-state index in [1.807, 2.05) is 31.2 Å². The van der Waals surface area contributed by atoms with Gasteiger partial charge in [-0.05, 0) is 31.0 Å². The van der Waals surface area contributed by atoms with Gasteiger partial charge >= 0.3 is 0 Å². The van der Waals surface area contributed by atoms with Gasteiger partial charge in [0.15, 0.2) is 0 Å². The van der Waals surface area contributed by atoms with E-state index in [-0.39, 0.29) is 0 Å². The third kappa shape index (κ3) is 6.09. The van der Waals surface area contributed by atoms with Crippen molar-refractivity contribution < 1.29 is 5.11 Å². The van der Waals surface area contributed by atoms with Crippen molar-refractivity contribution in [2.75, 3.05) is 0 Å². The molecule has 0 fully saturated rings. The molecule has 0 aliphatic heterocycles. The Morgan fingerprint density at radius 3 is 2.35 bits per heavy atom. The van der Waals surface area contributed by atoms with Crippen LogP contribution in [0.3, 0.4) is 0 Å². The minimum Gasteiger partial charge on any atom is -0.390 e. The summed E-state index contributed by atoms with van der Waals surface area (Å²) >= 11 is 5.84. The molecule has 0 bridgehead atoms. The molecule has 0 saturated heterocycles. The van der Waals surface area contributed by atoms with E-state index in [0.717, 1.165) is 23.4 Å². The van der Waals surface area contributed by atoms with Crippen molar-refractivity contribution in [3.8, 4) is 0 Å². The molecule has 0 aliphatic rings. The molecule has 0 radical (unpaired) electrons. The summed E-state index contributed by atoms with van der Waals surface area (Å²) in [6.07, 6.45) is 6.39. The number of aliphatic hydroxyl groups is 1. The lowest BCUT2D eigenvalue weighted by Gasteiger charge is -2.23. The highest BCUT2D eigenvalue weighted by Crippen LogP contribution is 2.21. The highest BCUT2D eigenvalue weighted by molar-refractivity contribution is 6.30. The molecule has 0 spiro atoms. The Labute approximate surface area is 110 Å². The van der Waals surface area contributed by atoms with Gasteiger partial charge in [-0.3, -0.25) is 0 Å². The van der Waals surface area contributed by atoms with Crippen LogP contribution in [0, 0.1) is 0 Å². The Bertz CT molecular complexity index is 316. The maximum absolute atomic E-state index is 10.3. The number of benzene rings is 1. The first-order valence-corrected chi connectivity index (χ1v) is 6.88. The number of hydrogen-bond acceptors (Lipinski definition) is 1. The molecule has 17 heavy (non-hydrogen) atoms. The van der Waals surface area contributed by atoms with E-state index in [9.17, 15) is 5.11 Å². The third-order valence-electron chi connectivity index (χ3n) is 3.07. The Morgan fingerprint density at radius 1 is 1.12 bits per heavy atom. The quantitative estimate of drug-likeness (QED) is 0.705. The summed E-state index contributed by atoms with van der Waals surface area (Å²) < 4.78 is 0. The second-order valence-electron chi connectivity index (χ2n) is 5.11. The summed E-state index contributed by atoms with van der Waals surface area (Å²) in [6, 6.07) is 7.74. The molecule has 1 rings (SSSR count). The summed E-state index contributed by atoms with van der Waals surface area (Å²) in [5.74, 6) is 0. The topological polar surface area (TPSA) is 20.2 Å². The lowest BCUT2D eigenvalue weighted by molar-refractivity contribution is 0.0485. The van der Waals surface area contributed by atoms with Crippen molar-refractivity contribution in [1.29, 1.82) is 0 Å². The van der Waals surface area contributed by atoms with Crippen LogP contribution in [0.1, 0.15) is 51.5 Å². The molecular weight excluding hydrogens is 232 g/mol. The Balaban J connectivity index is 2.40. The first-order valence-electron chi connectivity index (χ1n) is 6.50. The molecule has 1 aromatic carbocycles. The van der Waals surface area contributed by atoms with Crippen molar-refractivity contribution in [1.82, 2.24) is 0 Å². The summed E-state index contributed by atoms with van der Waals surface area (Å²) in [5, 5.41) is 11.1. The molecular formula is C15H23ClO. The number of hydrogen-bond donors (Lipinski definition) is 1. The van der Waals surface area contributed by atoms with E-state index in [4.69, 9.17) is 11.6 Å². The lowest BCUT2D eigenvalue weighted by Crippen LogP contribution is -2.26. The van der Waals surface area contributed by atoms with Gasteiger partial charge in [-0.25, -0.2) is 0 Å². The molecule has 0 aliphatic carbocycles. The zero-order chi connectivity index (χ0) is 12.7. The molecule has 1 aromatic rings. The molecule has 0 aromatic heterocycles. The van der Waals surface area contributed by atoms with Crippen LogP contribution in [0.4, 0.5) is 0 Å². The van der Waals surface area contributed by atoms with Gasteiger partial charge in [-0.1, -0.05) is 56.3 Å². The third-order valence-corrected chi connectivity index (χ3v) is 3.32. The molecule has 1 unspecified atom stereocenters. The van der Waals surface area contributed by atoms with Crippen LogP contribution in [0.15, 0.2) is 24.3 Å². The van der Waals surface area contributed by atoms with Gasteiger partial charge in [0.25, 0.3) is 0 Å². The molecule has 1 atom stereocenters. The second-order valence-corrected chi connectivity index (χ2v) is 5.55. The van der Waals surface area contributed by atoms with E-state index in [2.05, 4.69) is 6.92 Å². The second kappa shape index (κ2) is 7.03. The Hall–Kier alpha value is -0.530. The minimum absolute atomic E-state index is 0.596. The average Bonchev–Trinajstić information content (AvgIpc) is 2.27. The van der Waals surface area contributed by atoms with Gasteiger partial charge in [0.2, 0.25) is 0 Å². The Kier molecular flexibility index (Phi) is 6.01. The Morgan fingerprint density at radius 2 is 1.76 bits per heavy atom. The normalized spacial score (nSPS) is 14.6. The fourth-order valence-corrected chi connectivity index (χ4v) is 2.19. The van der Waals surface area contributed by atoms with Crippen molar-refractivity contribution in [3.63, 3.8) is 0 Å². The lowest BCUT2D eigenvalue weighted by atomic mass is 9.91. The monoisotopic (exact) mass is 254 g/mol. The van der Waals surface area contributed by atoms with E-state index in [1.54, 1.807) is 0 Å².